The smallest absolute Gasteiger partial charge is 0.226 e. The van der Waals surface area contributed by atoms with Gasteiger partial charge >= 0.3 is 0 Å². The Morgan fingerprint density at radius 1 is 1.30 bits per heavy atom. The molecule has 0 aliphatic rings. The quantitative estimate of drug-likeness (QED) is 0.613. The molecule has 142 valence electrons. The van der Waals surface area contributed by atoms with Gasteiger partial charge in [-0.1, -0.05) is 36.0 Å². The molecule has 0 aliphatic heterocycles. The molecule has 0 radical (unpaired) electrons. The monoisotopic (exact) mass is 401 g/mol. The van der Waals surface area contributed by atoms with Gasteiger partial charge in [-0.3, -0.25) is 4.79 Å². The van der Waals surface area contributed by atoms with Crippen LogP contribution in [0.3, 0.4) is 0 Å². The first kappa shape index (κ1) is 19.6. The van der Waals surface area contributed by atoms with Crippen LogP contribution in [0.1, 0.15) is 40.6 Å². The molecule has 2 aromatic heterocycles. The molecule has 0 bridgehead atoms. The molecule has 0 saturated carbocycles. The standard InChI is InChI=1S/C19H23N5OS2/c1-12-7-5-6-8-15(12)10-27-19-23-22-18(24(19)4)13(2)20-17(25)9-16-11-26-14(3)21-16/h5-8,11,13H,9-10H2,1-4H3,(H,20,25). The molecule has 2 heterocycles. The molecule has 0 saturated heterocycles. The van der Waals surface area contributed by atoms with Gasteiger partial charge < -0.3 is 9.88 Å². The van der Waals surface area contributed by atoms with Crippen LogP contribution in [0.15, 0.2) is 34.8 Å². The minimum Gasteiger partial charge on any atom is -0.346 e. The highest BCUT2D eigenvalue weighted by Gasteiger charge is 2.18. The largest absolute Gasteiger partial charge is 0.346 e. The van der Waals surface area contributed by atoms with Crippen molar-refractivity contribution in [1.82, 2.24) is 25.1 Å². The van der Waals surface area contributed by atoms with E-state index in [1.54, 1.807) is 23.1 Å². The van der Waals surface area contributed by atoms with E-state index in [4.69, 9.17) is 0 Å². The molecule has 8 heteroatoms. The van der Waals surface area contributed by atoms with Gasteiger partial charge in [0.1, 0.15) is 0 Å². The molecular weight excluding hydrogens is 378 g/mol. The maximum atomic E-state index is 12.3. The molecule has 3 rings (SSSR count). The second kappa shape index (κ2) is 8.67. The normalized spacial score (nSPS) is 12.1. The van der Waals surface area contributed by atoms with E-state index in [9.17, 15) is 4.79 Å². The number of nitrogens with one attached hydrogen (secondary N) is 1. The van der Waals surface area contributed by atoms with Crippen LogP contribution in [-0.4, -0.2) is 25.7 Å². The number of carbonyl (C=O) groups is 1. The van der Waals surface area contributed by atoms with E-state index >= 15 is 0 Å². The summed E-state index contributed by atoms with van der Waals surface area (Å²) in [5.74, 6) is 1.51. The molecule has 1 unspecified atom stereocenters. The molecule has 1 aromatic carbocycles. The van der Waals surface area contributed by atoms with Crippen LogP contribution >= 0.6 is 23.1 Å². The molecule has 0 fully saturated rings. The molecule has 1 atom stereocenters. The zero-order valence-corrected chi connectivity index (χ0v) is 17.5. The number of nitrogens with zero attached hydrogens (tertiary/aromatic N) is 4. The second-order valence-electron chi connectivity index (χ2n) is 6.44. The van der Waals surface area contributed by atoms with E-state index in [2.05, 4.69) is 39.6 Å². The van der Waals surface area contributed by atoms with Gasteiger partial charge in [0.25, 0.3) is 0 Å². The van der Waals surface area contributed by atoms with E-state index < -0.39 is 0 Å². The predicted octanol–water partition coefficient (Wildman–Crippen LogP) is 3.60. The topological polar surface area (TPSA) is 72.7 Å². The minimum absolute atomic E-state index is 0.0649. The number of thiazole rings is 1. The zero-order valence-electron chi connectivity index (χ0n) is 15.9. The Labute approximate surface area is 167 Å². The van der Waals surface area contributed by atoms with Gasteiger partial charge in [0.15, 0.2) is 11.0 Å². The Hall–Kier alpha value is -2.19. The summed E-state index contributed by atoms with van der Waals surface area (Å²) in [6, 6.07) is 8.11. The summed E-state index contributed by atoms with van der Waals surface area (Å²) in [4.78, 5) is 16.6. The molecule has 1 amide bonds. The van der Waals surface area contributed by atoms with Crippen molar-refractivity contribution in [1.29, 1.82) is 0 Å². The van der Waals surface area contributed by atoms with Gasteiger partial charge in [-0.05, 0) is 31.9 Å². The highest BCUT2D eigenvalue weighted by molar-refractivity contribution is 7.98. The molecular formula is C19H23N5OS2. The van der Waals surface area contributed by atoms with Crippen molar-refractivity contribution >= 4 is 29.0 Å². The van der Waals surface area contributed by atoms with Crippen molar-refractivity contribution in [3.05, 3.63) is 57.3 Å². The summed E-state index contributed by atoms with van der Waals surface area (Å²) >= 11 is 3.20. The van der Waals surface area contributed by atoms with Crippen LogP contribution < -0.4 is 5.32 Å². The number of hydrogen-bond donors (Lipinski definition) is 1. The third-order valence-electron chi connectivity index (χ3n) is 4.26. The van der Waals surface area contributed by atoms with Gasteiger partial charge in [0.2, 0.25) is 5.91 Å². The average Bonchev–Trinajstić information content (AvgIpc) is 3.19. The summed E-state index contributed by atoms with van der Waals surface area (Å²) in [6.45, 7) is 5.97. The first-order chi connectivity index (χ1) is 12.9. The highest BCUT2D eigenvalue weighted by atomic mass is 32.2. The molecule has 6 nitrogen and oxygen atoms in total. The van der Waals surface area contributed by atoms with Gasteiger partial charge in [0, 0.05) is 18.2 Å². The fourth-order valence-electron chi connectivity index (χ4n) is 2.75. The zero-order chi connectivity index (χ0) is 19.4. The number of amides is 1. The lowest BCUT2D eigenvalue weighted by molar-refractivity contribution is -0.121. The van der Waals surface area contributed by atoms with Crippen LogP contribution in [0.5, 0.6) is 0 Å². The SMILES string of the molecule is Cc1nc(CC(=O)NC(C)c2nnc(SCc3ccccc3C)n2C)cs1. The Morgan fingerprint density at radius 3 is 2.78 bits per heavy atom. The van der Waals surface area contributed by atoms with Crippen molar-refractivity contribution in [3.63, 3.8) is 0 Å². The fraction of sp³-hybridized carbons (Fsp3) is 0.368. The van der Waals surface area contributed by atoms with E-state index in [0.29, 0.717) is 0 Å². The molecule has 1 N–H and O–H groups in total. The molecule has 0 aliphatic carbocycles. The summed E-state index contributed by atoms with van der Waals surface area (Å²) in [6.07, 6.45) is 0.279. The number of benzene rings is 1. The third kappa shape index (κ3) is 4.95. The van der Waals surface area contributed by atoms with Gasteiger partial charge in [0.05, 0.1) is 23.2 Å². The lowest BCUT2D eigenvalue weighted by Crippen LogP contribution is -2.29. The summed E-state index contributed by atoms with van der Waals surface area (Å²) in [5.41, 5.74) is 3.35. The van der Waals surface area contributed by atoms with Crippen LogP contribution in [0, 0.1) is 13.8 Å². The lowest BCUT2D eigenvalue weighted by Gasteiger charge is -2.13. The Balaban J connectivity index is 1.60. The highest BCUT2D eigenvalue weighted by Crippen LogP contribution is 2.24. The second-order valence-corrected chi connectivity index (χ2v) is 8.44. The molecule has 27 heavy (non-hydrogen) atoms. The Bertz CT molecular complexity index is 934. The number of thioether (sulfide) groups is 1. The van der Waals surface area contributed by atoms with Gasteiger partial charge in [-0.25, -0.2) is 4.98 Å². The van der Waals surface area contributed by atoms with Crippen molar-refractivity contribution in [2.75, 3.05) is 0 Å². The number of rotatable bonds is 7. The molecule has 0 spiro atoms. The molecule has 3 aromatic rings. The van der Waals surface area contributed by atoms with Crippen LogP contribution in [0.25, 0.3) is 0 Å². The lowest BCUT2D eigenvalue weighted by atomic mass is 10.1. The Morgan fingerprint density at radius 2 is 2.07 bits per heavy atom. The van der Waals surface area contributed by atoms with Gasteiger partial charge in [-0.15, -0.1) is 21.5 Å². The number of aromatic nitrogens is 4. The summed E-state index contributed by atoms with van der Waals surface area (Å²) in [5, 5.41) is 15.3. The average molecular weight is 402 g/mol. The predicted molar refractivity (Wildman–Crippen MR) is 109 cm³/mol. The maximum Gasteiger partial charge on any atom is 0.226 e. The Kier molecular flexibility index (Phi) is 6.28. The van der Waals surface area contributed by atoms with Crippen molar-refractivity contribution in [2.45, 2.75) is 44.1 Å². The van der Waals surface area contributed by atoms with Crippen LogP contribution in [-0.2, 0) is 24.0 Å². The summed E-state index contributed by atoms with van der Waals surface area (Å²) < 4.78 is 1.95. The van der Waals surface area contributed by atoms with E-state index in [0.717, 1.165) is 27.4 Å². The van der Waals surface area contributed by atoms with Crippen molar-refractivity contribution in [2.24, 2.45) is 7.05 Å². The van der Waals surface area contributed by atoms with E-state index in [1.165, 1.54) is 11.1 Å². The first-order valence-corrected chi connectivity index (χ1v) is 10.6. The third-order valence-corrected chi connectivity index (χ3v) is 6.15. The van der Waals surface area contributed by atoms with Crippen LogP contribution in [0.4, 0.5) is 0 Å². The minimum atomic E-state index is -0.220. The number of hydrogen-bond acceptors (Lipinski definition) is 6. The first-order valence-electron chi connectivity index (χ1n) is 8.71. The summed E-state index contributed by atoms with van der Waals surface area (Å²) in [7, 11) is 1.93. The van der Waals surface area contributed by atoms with E-state index in [1.807, 2.05) is 43.0 Å². The van der Waals surface area contributed by atoms with Crippen molar-refractivity contribution < 1.29 is 4.79 Å². The van der Waals surface area contributed by atoms with Crippen molar-refractivity contribution in [3.8, 4) is 0 Å². The van der Waals surface area contributed by atoms with E-state index in [-0.39, 0.29) is 18.4 Å². The van der Waals surface area contributed by atoms with Gasteiger partial charge in [-0.2, -0.15) is 0 Å². The number of aryl methyl sites for hydroxylation is 2. The number of carbonyl (C=O) groups excluding carboxylic acids is 1. The fourth-order valence-corrected chi connectivity index (χ4v) is 4.36. The van der Waals surface area contributed by atoms with Crippen LogP contribution in [0.2, 0.25) is 0 Å². The maximum absolute atomic E-state index is 12.3.